The third-order valence-corrected chi connectivity index (χ3v) is 5.62. The largest absolute Gasteiger partial charge is 0.457 e. The number of hydrogen-bond donors (Lipinski definition) is 1. The Morgan fingerprint density at radius 2 is 1.69 bits per heavy atom. The molecule has 0 saturated heterocycles. The third kappa shape index (κ3) is 3.64. The Balaban J connectivity index is 1.86. The number of anilines is 1. The second-order valence-electron chi connectivity index (χ2n) is 7.68. The highest BCUT2D eigenvalue weighted by atomic mass is 19.1. The van der Waals surface area contributed by atoms with E-state index in [-0.39, 0.29) is 17.7 Å². The molecule has 1 N–H and O–H groups in total. The van der Waals surface area contributed by atoms with Gasteiger partial charge in [0.25, 0.3) is 5.56 Å². The molecule has 32 heavy (non-hydrogen) atoms. The number of benzene rings is 2. The number of carbonyl (C=O) groups is 1. The molecule has 164 valence electrons. The first-order valence-corrected chi connectivity index (χ1v) is 10.0. The van der Waals surface area contributed by atoms with E-state index in [0.29, 0.717) is 17.1 Å². The van der Waals surface area contributed by atoms with E-state index in [1.54, 1.807) is 14.0 Å². The van der Waals surface area contributed by atoms with Gasteiger partial charge in [-0.05, 0) is 30.2 Å². The maximum absolute atomic E-state index is 13.6. The first-order valence-electron chi connectivity index (χ1n) is 10.0. The van der Waals surface area contributed by atoms with Gasteiger partial charge < -0.3 is 10.1 Å². The van der Waals surface area contributed by atoms with Crippen LogP contribution in [0.4, 0.5) is 10.2 Å². The Bertz CT molecular complexity index is 1340. The van der Waals surface area contributed by atoms with Crippen LogP contribution in [0.5, 0.6) is 0 Å². The predicted molar refractivity (Wildman–Crippen MR) is 118 cm³/mol. The van der Waals surface area contributed by atoms with Crippen LogP contribution in [-0.2, 0) is 30.2 Å². The summed E-state index contributed by atoms with van der Waals surface area (Å²) < 4.78 is 21.5. The Morgan fingerprint density at radius 1 is 1.03 bits per heavy atom. The second kappa shape index (κ2) is 8.30. The Hall–Kier alpha value is -3.94. The summed E-state index contributed by atoms with van der Waals surface area (Å²) >= 11 is 0. The second-order valence-corrected chi connectivity index (χ2v) is 7.68. The molecule has 0 bridgehead atoms. The molecule has 2 aromatic carbocycles. The lowest BCUT2D eigenvalue weighted by Gasteiger charge is -2.30. The summed E-state index contributed by atoms with van der Waals surface area (Å²) in [6.07, 6.45) is 0. The Kier molecular flexibility index (Phi) is 5.52. The van der Waals surface area contributed by atoms with E-state index in [1.807, 2.05) is 30.3 Å². The van der Waals surface area contributed by atoms with Crippen molar-refractivity contribution in [3.05, 3.63) is 109 Å². The van der Waals surface area contributed by atoms with E-state index in [1.165, 1.54) is 35.9 Å². The van der Waals surface area contributed by atoms with Gasteiger partial charge in [0.2, 0.25) is 0 Å². The first-order chi connectivity index (χ1) is 15.3. The zero-order valence-corrected chi connectivity index (χ0v) is 17.9. The van der Waals surface area contributed by atoms with Crippen LogP contribution >= 0.6 is 0 Å². The van der Waals surface area contributed by atoms with Gasteiger partial charge in [-0.25, -0.2) is 14.0 Å². The summed E-state index contributed by atoms with van der Waals surface area (Å²) in [6, 6.07) is 14.8. The van der Waals surface area contributed by atoms with Crippen LogP contribution < -0.4 is 16.6 Å². The summed E-state index contributed by atoms with van der Waals surface area (Å²) in [5.74, 6) is -1.58. The Labute approximate surface area is 183 Å². The molecule has 0 unspecified atom stereocenters. The van der Waals surface area contributed by atoms with Crippen LogP contribution in [0, 0.1) is 5.82 Å². The van der Waals surface area contributed by atoms with E-state index < -0.39 is 29.0 Å². The fourth-order valence-corrected chi connectivity index (χ4v) is 3.95. The van der Waals surface area contributed by atoms with Crippen molar-refractivity contribution in [3.63, 3.8) is 0 Å². The number of ether oxygens (including phenoxy) is 1. The highest BCUT2D eigenvalue weighted by Crippen LogP contribution is 2.40. The van der Waals surface area contributed by atoms with Crippen LogP contribution in [-0.4, -0.2) is 15.1 Å². The zero-order chi connectivity index (χ0) is 23.0. The minimum absolute atomic E-state index is 0.0603. The Morgan fingerprint density at radius 3 is 2.34 bits per heavy atom. The molecular weight excluding hydrogens is 413 g/mol. The number of esters is 1. The fraction of sp³-hybridized carbons (Fsp3) is 0.208. The average molecular weight is 435 g/mol. The lowest BCUT2D eigenvalue weighted by molar-refractivity contribution is -0.140. The molecule has 7 nitrogen and oxygen atoms in total. The molecule has 0 aliphatic carbocycles. The molecule has 0 amide bonds. The van der Waals surface area contributed by atoms with Gasteiger partial charge in [0.05, 0.1) is 17.1 Å². The zero-order valence-electron chi connectivity index (χ0n) is 17.9. The van der Waals surface area contributed by atoms with Crippen LogP contribution in [0.3, 0.4) is 0 Å². The molecule has 0 fully saturated rings. The molecule has 3 aromatic rings. The number of aromatic nitrogens is 2. The van der Waals surface area contributed by atoms with E-state index in [2.05, 4.69) is 5.32 Å². The fourth-order valence-electron chi connectivity index (χ4n) is 3.95. The first kappa shape index (κ1) is 21.3. The van der Waals surface area contributed by atoms with Crippen molar-refractivity contribution in [1.29, 1.82) is 0 Å². The van der Waals surface area contributed by atoms with Gasteiger partial charge in [-0.2, -0.15) is 0 Å². The van der Waals surface area contributed by atoms with Crippen molar-refractivity contribution in [1.82, 2.24) is 9.13 Å². The van der Waals surface area contributed by atoms with Gasteiger partial charge in [-0.1, -0.05) is 42.5 Å². The number of fused-ring (bicyclic) bond motifs is 1. The monoisotopic (exact) mass is 435 g/mol. The summed E-state index contributed by atoms with van der Waals surface area (Å²) in [5.41, 5.74) is 1.23. The van der Waals surface area contributed by atoms with Crippen molar-refractivity contribution in [2.75, 3.05) is 5.32 Å². The molecule has 0 saturated carbocycles. The van der Waals surface area contributed by atoms with Crippen molar-refractivity contribution < 1.29 is 13.9 Å². The molecule has 8 heteroatoms. The quantitative estimate of drug-likeness (QED) is 0.638. The molecule has 2 heterocycles. The van der Waals surface area contributed by atoms with Crippen LogP contribution in [0.2, 0.25) is 0 Å². The topological polar surface area (TPSA) is 82.3 Å². The minimum Gasteiger partial charge on any atom is -0.457 e. The van der Waals surface area contributed by atoms with Crippen molar-refractivity contribution >= 4 is 11.8 Å². The molecule has 1 atom stereocenters. The van der Waals surface area contributed by atoms with E-state index in [9.17, 15) is 18.8 Å². The number of allylic oxidation sites excluding steroid dienone is 1. The van der Waals surface area contributed by atoms with Gasteiger partial charge in [-0.3, -0.25) is 13.9 Å². The van der Waals surface area contributed by atoms with Gasteiger partial charge in [0, 0.05) is 19.8 Å². The third-order valence-electron chi connectivity index (χ3n) is 5.62. The number of nitrogens with one attached hydrogen (secondary N) is 1. The summed E-state index contributed by atoms with van der Waals surface area (Å²) in [5, 5.41) is 3.03. The highest BCUT2D eigenvalue weighted by Gasteiger charge is 2.37. The van der Waals surface area contributed by atoms with Crippen LogP contribution in [0.25, 0.3) is 0 Å². The molecule has 1 aliphatic rings. The molecular formula is C24H22FN3O4. The van der Waals surface area contributed by atoms with Crippen LogP contribution in [0.15, 0.2) is 75.5 Å². The lowest BCUT2D eigenvalue weighted by atomic mass is 9.82. The average Bonchev–Trinajstić information content (AvgIpc) is 2.80. The van der Waals surface area contributed by atoms with Crippen molar-refractivity contribution in [2.45, 2.75) is 19.4 Å². The lowest BCUT2D eigenvalue weighted by Crippen LogP contribution is -2.43. The maximum atomic E-state index is 13.6. The van der Waals surface area contributed by atoms with E-state index >= 15 is 0 Å². The van der Waals surface area contributed by atoms with Gasteiger partial charge in [-0.15, -0.1) is 0 Å². The SMILES string of the molecule is CC1=C(C(=O)OCc2ccccc2)[C@H](c2ccc(F)cc2)c2c(n(C)c(=O)n(C)c2=O)N1. The predicted octanol–water partition coefficient (Wildman–Crippen LogP) is 2.80. The standard InChI is InChI=1S/C24H22FN3O4/c1-14-18(23(30)32-13-15-7-5-4-6-8-15)19(16-9-11-17(25)12-10-16)20-21(26-14)27(2)24(31)28(3)22(20)29/h4-12,19,26H,13H2,1-3H3/t19-/m0/s1. The number of carbonyl (C=O) groups excluding carboxylic acids is 1. The van der Waals surface area contributed by atoms with Crippen LogP contribution in [0.1, 0.15) is 29.5 Å². The number of rotatable bonds is 4. The minimum atomic E-state index is -0.833. The summed E-state index contributed by atoms with van der Waals surface area (Å²) in [7, 11) is 2.92. The van der Waals surface area contributed by atoms with E-state index in [4.69, 9.17) is 4.74 Å². The summed E-state index contributed by atoms with van der Waals surface area (Å²) in [4.78, 5) is 38.8. The number of hydrogen-bond acceptors (Lipinski definition) is 5. The molecule has 4 rings (SSSR count). The molecule has 0 spiro atoms. The normalized spacial score (nSPS) is 15.2. The smallest absolute Gasteiger partial charge is 0.337 e. The van der Waals surface area contributed by atoms with Gasteiger partial charge in [0.15, 0.2) is 0 Å². The van der Waals surface area contributed by atoms with Gasteiger partial charge >= 0.3 is 11.7 Å². The van der Waals surface area contributed by atoms with Crippen molar-refractivity contribution in [2.24, 2.45) is 14.1 Å². The molecule has 0 radical (unpaired) electrons. The van der Waals surface area contributed by atoms with Gasteiger partial charge in [0.1, 0.15) is 18.2 Å². The molecule has 1 aliphatic heterocycles. The highest BCUT2D eigenvalue weighted by molar-refractivity contribution is 5.94. The number of nitrogens with zero attached hydrogens (tertiary/aromatic N) is 2. The molecule has 1 aromatic heterocycles. The van der Waals surface area contributed by atoms with Crippen molar-refractivity contribution in [3.8, 4) is 0 Å². The number of halogens is 1. The summed E-state index contributed by atoms with van der Waals surface area (Å²) in [6.45, 7) is 1.74. The maximum Gasteiger partial charge on any atom is 0.337 e. The van der Waals surface area contributed by atoms with E-state index in [0.717, 1.165) is 10.1 Å².